The number of fused-ring (bicyclic) bond motifs is 1. The first-order valence-corrected chi connectivity index (χ1v) is 13.9. The van der Waals surface area contributed by atoms with E-state index in [4.69, 9.17) is 9.47 Å². The van der Waals surface area contributed by atoms with Gasteiger partial charge in [-0.2, -0.15) is 0 Å². The maximum atomic E-state index is 14.5. The first-order valence-electron chi connectivity index (χ1n) is 13.9. The summed E-state index contributed by atoms with van der Waals surface area (Å²) in [6, 6.07) is 21.3. The lowest BCUT2D eigenvalue weighted by atomic mass is 9.79. The summed E-state index contributed by atoms with van der Waals surface area (Å²) in [5.74, 6) is -1.86. The van der Waals surface area contributed by atoms with E-state index in [-0.39, 0.29) is 6.54 Å². The fraction of sp³-hybridized carbons (Fsp3) is 0.344. The Hall–Kier alpha value is -4.21. The number of para-hydroxylation sites is 1. The van der Waals surface area contributed by atoms with E-state index < -0.39 is 35.6 Å². The Bertz CT molecular complexity index is 1370. The van der Waals surface area contributed by atoms with Gasteiger partial charge in [0.1, 0.15) is 0 Å². The zero-order valence-electron chi connectivity index (χ0n) is 24.2. The summed E-state index contributed by atoms with van der Waals surface area (Å²) < 4.78 is 11.5. The van der Waals surface area contributed by atoms with Gasteiger partial charge in [0.05, 0.1) is 18.2 Å². The number of urea groups is 1. The van der Waals surface area contributed by atoms with Crippen molar-refractivity contribution in [2.24, 2.45) is 5.92 Å². The number of carbonyl (C=O) groups excluding carboxylic acids is 3. The van der Waals surface area contributed by atoms with Gasteiger partial charge in [-0.1, -0.05) is 60.5 Å². The molecule has 216 valence electrons. The van der Waals surface area contributed by atoms with Crippen molar-refractivity contribution >= 4 is 34.9 Å². The molecule has 4 amide bonds. The number of rotatable bonds is 11. The number of carbonyl (C=O) groups is 3. The van der Waals surface area contributed by atoms with Crippen LogP contribution < -0.4 is 20.9 Å². The van der Waals surface area contributed by atoms with Crippen molar-refractivity contribution in [3.05, 3.63) is 89.5 Å². The summed E-state index contributed by atoms with van der Waals surface area (Å²) in [4.78, 5) is 43.3. The van der Waals surface area contributed by atoms with Crippen LogP contribution in [0.1, 0.15) is 37.5 Å². The Labute approximate surface area is 241 Å². The summed E-state index contributed by atoms with van der Waals surface area (Å²) in [6.45, 7) is 10.1. The molecule has 1 aliphatic rings. The predicted molar refractivity (Wildman–Crippen MR) is 160 cm³/mol. The van der Waals surface area contributed by atoms with E-state index in [0.29, 0.717) is 35.8 Å². The van der Waals surface area contributed by atoms with Crippen LogP contribution in [0.4, 0.5) is 21.9 Å². The fourth-order valence-corrected chi connectivity index (χ4v) is 5.05. The highest BCUT2D eigenvalue weighted by atomic mass is 16.7. The highest BCUT2D eigenvalue weighted by Crippen LogP contribution is 2.45. The largest absolute Gasteiger partial charge is 0.351 e. The lowest BCUT2D eigenvalue weighted by Crippen LogP contribution is -2.60. The van der Waals surface area contributed by atoms with Crippen molar-refractivity contribution < 1.29 is 23.9 Å². The minimum Gasteiger partial charge on any atom is -0.351 e. The predicted octanol–water partition coefficient (Wildman–Crippen LogP) is 5.34. The molecule has 0 saturated heterocycles. The molecule has 0 aromatic heterocycles. The van der Waals surface area contributed by atoms with Gasteiger partial charge in [0.2, 0.25) is 5.91 Å². The van der Waals surface area contributed by atoms with E-state index in [1.807, 2.05) is 58.0 Å². The first kappa shape index (κ1) is 29.8. The summed E-state index contributed by atoms with van der Waals surface area (Å²) in [7, 11) is 0. The van der Waals surface area contributed by atoms with E-state index in [2.05, 4.69) is 16.0 Å². The van der Waals surface area contributed by atoms with Gasteiger partial charge in [0.25, 0.3) is 5.91 Å². The molecular formula is C32H38N4O5. The molecular weight excluding hydrogens is 520 g/mol. The van der Waals surface area contributed by atoms with Crippen molar-refractivity contribution in [3.63, 3.8) is 0 Å². The van der Waals surface area contributed by atoms with Crippen molar-refractivity contribution in [3.8, 4) is 0 Å². The number of anilines is 3. The minimum absolute atomic E-state index is 0.0901. The van der Waals surface area contributed by atoms with Gasteiger partial charge in [-0.05, 0) is 58.0 Å². The molecule has 0 bridgehead atoms. The monoisotopic (exact) mass is 558 g/mol. The Morgan fingerprint density at radius 1 is 0.829 bits per heavy atom. The number of amides is 4. The van der Waals surface area contributed by atoms with Gasteiger partial charge in [-0.3, -0.25) is 9.59 Å². The Balaban J connectivity index is 1.74. The van der Waals surface area contributed by atoms with Crippen LogP contribution in [0.2, 0.25) is 0 Å². The van der Waals surface area contributed by atoms with Crippen LogP contribution in [0.15, 0.2) is 72.8 Å². The second-order valence-corrected chi connectivity index (χ2v) is 10.1. The Morgan fingerprint density at radius 2 is 1.37 bits per heavy atom. The quantitative estimate of drug-likeness (QED) is 0.275. The number of hydrogen-bond acceptors (Lipinski definition) is 5. The molecule has 2 atom stereocenters. The Kier molecular flexibility index (Phi) is 9.42. The van der Waals surface area contributed by atoms with Gasteiger partial charge in [0, 0.05) is 30.2 Å². The Morgan fingerprint density at radius 3 is 1.93 bits per heavy atom. The van der Waals surface area contributed by atoms with Gasteiger partial charge in [0.15, 0.2) is 11.8 Å². The van der Waals surface area contributed by atoms with E-state index in [0.717, 1.165) is 11.1 Å². The molecule has 3 N–H and O–H groups in total. The molecule has 0 radical (unpaired) electrons. The van der Waals surface area contributed by atoms with Crippen molar-refractivity contribution in [1.82, 2.24) is 5.32 Å². The highest BCUT2D eigenvalue weighted by Gasteiger charge is 2.57. The average molecular weight is 559 g/mol. The molecule has 0 unspecified atom stereocenters. The van der Waals surface area contributed by atoms with E-state index in [1.54, 1.807) is 49.4 Å². The van der Waals surface area contributed by atoms with Crippen molar-refractivity contribution in [2.45, 2.75) is 46.4 Å². The fourth-order valence-electron chi connectivity index (χ4n) is 5.05. The standard InChI is InChI=1S/C32H38N4O5/c1-6-40-28(41-7-2)20-36-27-11-9-8-10-26(27)32(30(36)38,35-31(39)34-25-18-14-22(4)15-19-25)23(5)29(37)33-24-16-12-21(3)13-17-24/h8-19,23,28H,6-7,20H2,1-5H3,(H,33,37)(H2,34,35,39)/t23-,32+/m0/s1. The smallest absolute Gasteiger partial charge is 0.320 e. The molecule has 0 aliphatic carbocycles. The lowest BCUT2D eigenvalue weighted by molar-refractivity contribution is -0.140. The molecule has 9 nitrogen and oxygen atoms in total. The van der Waals surface area contributed by atoms with E-state index in [9.17, 15) is 14.4 Å². The summed E-state index contributed by atoms with van der Waals surface area (Å²) >= 11 is 0. The number of hydrogen-bond donors (Lipinski definition) is 3. The number of benzene rings is 3. The van der Waals surface area contributed by atoms with Crippen molar-refractivity contribution in [1.29, 1.82) is 0 Å². The SMILES string of the molecule is CCOC(CN1C(=O)[C@@](NC(=O)Nc2ccc(C)cc2)([C@@H](C)C(=O)Nc2ccc(C)cc2)c2ccccc21)OCC. The second kappa shape index (κ2) is 13.0. The van der Waals surface area contributed by atoms with Crippen molar-refractivity contribution in [2.75, 3.05) is 35.3 Å². The van der Waals surface area contributed by atoms with Crippen LogP contribution in [0.3, 0.4) is 0 Å². The summed E-state index contributed by atoms with van der Waals surface area (Å²) in [5.41, 5.74) is 2.63. The number of ether oxygens (including phenoxy) is 2. The zero-order chi connectivity index (χ0) is 29.6. The third kappa shape index (κ3) is 6.42. The van der Waals surface area contributed by atoms with Crippen LogP contribution in [0.25, 0.3) is 0 Å². The second-order valence-electron chi connectivity index (χ2n) is 10.1. The van der Waals surface area contributed by atoms with Crippen LogP contribution in [0.5, 0.6) is 0 Å². The normalized spacial score (nSPS) is 16.8. The summed E-state index contributed by atoms with van der Waals surface area (Å²) in [6.07, 6.45) is -0.684. The van der Waals surface area contributed by atoms with Gasteiger partial charge < -0.3 is 30.3 Å². The van der Waals surface area contributed by atoms with Crippen LogP contribution in [0, 0.1) is 19.8 Å². The molecule has 1 heterocycles. The third-order valence-electron chi connectivity index (χ3n) is 7.22. The molecule has 0 fully saturated rings. The highest BCUT2D eigenvalue weighted by molar-refractivity contribution is 6.13. The van der Waals surface area contributed by atoms with Crippen LogP contribution >= 0.6 is 0 Å². The molecule has 0 saturated carbocycles. The molecule has 1 aliphatic heterocycles. The number of aryl methyl sites for hydroxylation is 2. The maximum absolute atomic E-state index is 14.5. The van der Waals surface area contributed by atoms with Crippen LogP contribution in [-0.2, 0) is 24.6 Å². The average Bonchev–Trinajstić information content (AvgIpc) is 3.18. The topological polar surface area (TPSA) is 109 Å². The zero-order valence-corrected chi connectivity index (χ0v) is 24.2. The number of nitrogens with one attached hydrogen (secondary N) is 3. The van der Waals surface area contributed by atoms with Gasteiger partial charge in [-0.25, -0.2) is 4.79 Å². The molecule has 3 aromatic carbocycles. The molecule has 9 heteroatoms. The van der Waals surface area contributed by atoms with E-state index in [1.165, 1.54) is 4.90 Å². The van der Waals surface area contributed by atoms with Crippen LogP contribution in [-0.4, -0.2) is 43.9 Å². The minimum atomic E-state index is -1.71. The maximum Gasteiger partial charge on any atom is 0.320 e. The number of nitrogens with zero attached hydrogens (tertiary/aromatic N) is 1. The first-order chi connectivity index (χ1) is 19.7. The lowest BCUT2D eigenvalue weighted by Gasteiger charge is -2.35. The van der Waals surface area contributed by atoms with Gasteiger partial charge in [-0.15, -0.1) is 0 Å². The van der Waals surface area contributed by atoms with E-state index >= 15 is 0 Å². The molecule has 41 heavy (non-hydrogen) atoms. The molecule has 0 spiro atoms. The summed E-state index contributed by atoms with van der Waals surface area (Å²) in [5, 5.41) is 8.65. The molecule has 3 aromatic rings. The third-order valence-corrected chi connectivity index (χ3v) is 7.22. The molecule has 4 rings (SSSR count). The van der Waals surface area contributed by atoms with Gasteiger partial charge >= 0.3 is 6.03 Å².